The summed E-state index contributed by atoms with van der Waals surface area (Å²) in [4.78, 5) is 0. The van der Waals surface area contributed by atoms with Gasteiger partial charge in [0, 0.05) is 24.2 Å². The highest BCUT2D eigenvalue weighted by Gasteiger charge is 2.41. The smallest absolute Gasteiger partial charge is 0.123 e. The molecule has 2 N–H and O–H groups in total. The first kappa shape index (κ1) is 10.4. The summed E-state index contributed by atoms with van der Waals surface area (Å²) >= 11 is 0. The molecule has 0 saturated heterocycles. The van der Waals surface area contributed by atoms with Crippen LogP contribution >= 0.6 is 0 Å². The van der Waals surface area contributed by atoms with Gasteiger partial charge in [0.2, 0.25) is 0 Å². The van der Waals surface area contributed by atoms with Crippen LogP contribution in [0.25, 0.3) is 0 Å². The van der Waals surface area contributed by atoms with E-state index in [9.17, 15) is 4.39 Å². The van der Waals surface area contributed by atoms with Crippen molar-refractivity contribution in [3.63, 3.8) is 0 Å². The molecular formula is C12H17FN2. The molecule has 1 aromatic rings. The monoisotopic (exact) mass is 208 g/mol. The third kappa shape index (κ3) is 2.69. The Morgan fingerprint density at radius 1 is 1.20 bits per heavy atom. The Labute approximate surface area is 89.9 Å². The molecule has 1 aliphatic carbocycles. The molecule has 0 unspecified atom stereocenters. The minimum Gasteiger partial charge on any atom is -0.384 e. The van der Waals surface area contributed by atoms with Gasteiger partial charge in [-0.1, -0.05) is 0 Å². The summed E-state index contributed by atoms with van der Waals surface area (Å²) in [6.45, 7) is 2.03. The topological polar surface area (TPSA) is 24.1 Å². The summed E-state index contributed by atoms with van der Waals surface area (Å²) in [5.74, 6) is -0.183. The maximum atomic E-state index is 12.7. The first-order chi connectivity index (χ1) is 7.24. The highest BCUT2D eigenvalue weighted by atomic mass is 19.1. The van der Waals surface area contributed by atoms with Crippen molar-refractivity contribution in [2.75, 3.05) is 25.5 Å². The number of nitrogens with one attached hydrogen (secondary N) is 2. The highest BCUT2D eigenvalue weighted by molar-refractivity contribution is 5.43. The summed E-state index contributed by atoms with van der Waals surface area (Å²) in [5.41, 5.74) is 1.43. The van der Waals surface area contributed by atoms with Crippen molar-refractivity contribution >= 4 is 5.69 Å². The van der Waals surface area contributed by atoms with Gasteiger partial charge in [-0.2, -0.15) is 0 Å². The van der Waals surface area contributed by atoms with Crippen molar-refractivity contribution in [3.05, 3.63) is 30.1 Å². The molecule has 1 aliphatic rings. The zero-order valence-corrected chi connectivity index (χ0v) is 9.02. The van der Waals surface area contributed by atoms with Gasteiger partial charge >= 0.3 is 0 Å². The van der Waals surface area contributed by atoms with Crippen molar-refractivity contribution in [3.8, 4) is 0 Å². The number of halogens is 1. The molecule has 1 fully saturated rings. The van der Waals surface area contributed by atoms with Crippen LogP contribution in [0, 0.1) is 11.2 Å². The van der Waals surface area contributed by atoms with E-state index in [0.717, 1.165) is 18.8 Å². The molecular weight excluding hydrogens is 191 g/mol. The third-order valence-corrected chi connectivity index (χ3v) is 3.02. The number of rotatable bonds is 5. The van der Waals surface area contributed by atoms with Crippen LogP contribution in [-0.4, -0.2) is 20.1 Å². The molecule has 0 aromatic heterocycles. The van der Waals surface area contributed by atoms with Gasteiger partial charge in [-0.3, -0.25) is 0 Å². The van der Waals surface area contributed by atoms with Crippen LogP contribution in [0.1, 0.15) is 12.8 Å². The fourth-order valence-electron chi connectivity index (χ4n) is 1.83. The van der Waals surface area contributed by atoms with E-state index >= 15 is 0 Å². The van der Waals surface area contributed by atoms with Gasteiger partial charge in [0.15, 0.2) is 0 Å². The highest BCUT2D eigenvalue weighted by Crippen LogP contribution is 2.44. The second kappa shape index (κ2) is 4.19. The molecule has 15 heavy (non-hydrogen) atoms. The number of hydrogen-bond donors (Lipinski definition) is 2. The fourth-order valence-corrected chi connectivity index (χ4v) is 1.83. The second-order valence-electron chi connectivity index (χ2n) is 4.39. The van der Waals surface area contributed by atoms with E-state index < -0.39 is 0 Å². The summed E-state index contributed by atoms with van der Waals surface area (Å²) in [6, 6.07) is 6.54. The van der Waals surface area contributed by atoms with Crippen LogP contribution in [0.5, 0.6) is 0 Å². The quantitative estimate of drug-likeness (QED) is 0.775. The van der Waals surface area contributed by atoms with Gasteiger partial charge in [-0.15, -0.1) is 0 Å². The van der Waals surface area contributed by atoms with Crippen LogP contribution in [0.3, 0.4) is 0 Å². The number of benzene rings is 1. The Morgan fingerprint density at radius 2 is 1.87 bits per heavy atom. The molecule has 0 spiro atoms. The molecule has 0 amide bonds. The zero-order valence-electron chi connectivity index (χ0n) is 9.02. The lowest BCUT2D eigenvalue weighted by Gasteiger charge is -2.16. The molecule has 0 bridgehead atoms. The third-order valence-electron chi connectivity index (χ3n) is 3.02. The average molecular weight is 208 g/mol. The molecule has 0 aliphatic heterocycles. The Kier molecular flexibility index (Phi) is 2.91. The standard InChI is InChI=1S/C12H17FN2/c1-14-8-12(6-7-12)9-15-11-4-2-10(13)3-5-11/h2-5,14-15H,6-9H2,1H3. The Bertz CT molecular complexity index is 317. The minimum absolute atomic E-state index is 0.183. The van der Waals surface area contributed by atoms with E-state index in [1.165, 1.54) is 25.0 Å². The summed E-state index contributed by atoms with van der Waals surface area (Å²) in [5, 5.41) is 6.57. The minimum atomic E-state index is -0.183. The van der Waals surface area contributed by atoms with Crippen LogP contribution in [-0.2, 0) is 0 Å². The molecule has 0 atom stereocenters. The van der Waals surface area contributed by atoms with Crippen LogP contribution in [0.4, 0.5) is 10.1 Å². The van der Waals surface area contributed by atoms with E-state index in [-0.39, 0.29) is 5.82 Å². The normalized spacial score (nSPS) is 17.5. The molecule has 1 saturated carbocycles. The second-order valence-corrected chi connectivity index (χ2v) is 4.39. The summed E-state index contributed by atoms with van der Waals surface area (Å²) < 4.78 is 12.7. The van der Waals surface area contributed by atoms with Crippen LogP contribution in [0.2, 0.25) is 0 Å². The van der Waals surface area contributed by atoms with Gasteiger partial charge in [-0.05, 0) is 44.2 Å². The van der Waals surface area contributed by atoms with Crippen LogP contribution in [0.15, 0.2) is 24.3 Å². The molecule has 0 heterocycles. The maximum Gasteiger partial charge on any atom is 0.123 e. The van der Waals surface area contributed by atoms with Crippen molar-refractivity contribution in [1.29, 1.82) is 0 Å². The predicted octanol–water partition coefficient (Wildman–Crippen LogP) is 2.24. The van der Waals surface area contributed by atoms with Crippen molar-refractivity contribution < 1.29 is 4.39 Å². The molecule has 1 aromatic carbocycles. The maximum absolute atomic E-state index is 12.7. The zero-order chi connectivity index (χ0) is 10.7. The number of anilines is 1. The largest absolute Gasteiger partial charge is 0.384 e. The van der Waals surface area contributed by atoms with Gasteiger partial charge in [-0.25, -0.2) is 4.39 Å². The molecule has 0 radical (unpaired) electrons. The predicted molar refractivity (Wildman–Crippen MR) is 60.5 cm³/mol. The fraction of sp³-hybridized carbons (Fsp3) is 0.500. The van der Waals surface area contributed by atoms with Crippen LogP contribution < -0.4 is 10.6 Å². The van der Waals surface area contributed by atoms with Crippen molar-refractivity contribution in [2.45, 2.75) is 12.8 Å². The first-order valence-corrected chi connectivity index (χ1v) is 5.38. The Hall–Kier alpha value is -1.09. The van der Waals surface area contributed by atoms with E-state index in [4.69, 9.17) is 0 Å². The lowest BCUT2D eigenvalue weighted by atomic mass is 10.1. The summed E-state index contributed by atoms with van der Waals surface area (Å²) in [7, 11) is 1.98. The first-order valence-electron chi connectivity index (χ1n) is 5.38. The summed E-state index contributed by atoms with van der Waals surface area (Å²) in [6.07, 6.45) is 2.56. The van der Waals surface area contributed by atoms with E-state index in [0.29, 0.717) is 5.41 Å². The van der Waals surface area contributed by atoms with E-state index in [1.54, 1.807) is 12.1 Å². The van der Waals surface area contributed by atoms with Gasteiger partial charge in [0.25, 0.3) is 0 Å². The molecule has 2 rings (SSSR count). The van der Waals surface area contributed by atoms with Crippen molar-refractivity contribution in [2.24, 2.45) is 5.41 Å². The Balaban J connectivity index is 1.85. The SMILES string of the molecule is CNCC1(CNc2ccc(F)cc2)CC1. The molecule has 2 nitrogen and oxygen atoms in total. The average Bonchev–Trinajstić information content (AvgIpc) is 2.99. The van der Waals surface area contributed by atoms with Crippen molar-refractivity contribution in [1.82, 2.24) is 5.32 Å². The molecule has 82 valence electrons. The van der Waals surface area contributed by atoms with E-state index in [2.05, 4.69) is 10.6 Å². The Morgan fingerprint density at radius 3 is 2.40 bits per heavy atom. The van der Waals surface area contributed by atoms with E-state index in [1.807, 2.05) is 7.05 Å². The lowest BCUT2D eigenvalue weighted by molar-refractivity contribution is 0.507. The van der Waals surface area contributed by atoms with Gasteiger partial charge < -0.3 is 10.6 Å². The number of hydrogen-bond acceptors (Lipinski definition) is 2. The van der Waals surface area contributed by atoms with Gasteiger partial charge in [0.05, 0.1) is 0 Å². The van der Waals surface area contributed by atoms with Gasteiger partial charge in [0.1, 0.15) is 5.82 Å². The lowest BCUT2D eigenvalue weighted by Crippen LogP contribution is -2.26. The molecule has 3 heteroatoms.